The highest BCUT2D eigenvalue weighted by molar-refractivity contribution is 6.32. The molecule has 0 saturated carbocycles. The van der Waals surface area contributed by atoms with E-state index < -0.39 is 223 Å². The molecule has 12 rings (SSSR count). The van der Waals surface area contributed by atoms with Crippen molar-refractivity contribution in [3.8, 4) is 57.1 Å². The number of rotatable bonds is 17. The number of aromatic hydroxyl groups is 3. The Morgan fingerprint density at radius 3 is 2.00 bits per heavy atom. The number of carbonyl (C=O) groups is 8. The maximum absolute atomic E-state index is 16.3. The summed E-state index contributed by atoms with van der Waals surface area (Å²) in [6, 6.07) is 8.28. The third kappa shape index (κ3) is 18.2. The molecule has 578 valence electrons. The topological polar surface area (TPSA) is 489 Å². The molecule has 5 aromatic rings. The zero-order valence-electron chi connectivity index (χ0n) is 59.6. The quantitative estimate of drug-likeness (QED) is 0.0594. The first-order valence-corrected chi connectivity index (χ1v) is 35.6. The minimum absolute atomic E-state index is 0.0359. The van der Waals surface area contributed by atoms with Gasteiger partial charge in [0.15, 0.2) is 35.5 Å². The standard InChI is InChI=1S/C74H90Cl2N8O23/c1-31(2)17-45(79-5)71(100)83-61-49(90)21-37(24-56(77)92)69(98)81-59-36-22-53(66(54(23-36)104-52-14-11-35(63(61)94)20-44(52)76)107-73-67(65(96)64(95)55(30-85)105-73)106-57-29-74(4,78)68(97)32(3)102-57)103-51-13-10-34(19-43(51)75)62(93)42-28-47(88)39(27-50(59)91)33-9-12-46(87)40(18-33)58-41(25-38(86)26-48(58)89)60(82-70(42)99)72(101)80-15-8-16-84(6)7/h9-14,18-20,22-23,25-26,31-32,37,39,42,45,55,57,59-65,67-68,73,79,85-87,89,93-97H,8,15-17,21,24,27-30,78H2,1-7H3,(H2,77,92)(H,80,101)(H,81,98)(H,82,99)(H,83,100)/t32-,37-,39-,42-,45+,55?,57-,59+,60-,61-,62+,63+,64?,65-,67+,68+,73?,74?/m0/s1. The van der Waals surface area contributed by atoms with Crippen molar-refractivity contribution in [2.24, 2.45) is 29.2 Å². The SMILES string of the molecule is CN[C@H](CC(C)C)C(=O)N[C@H]1C(=O)C[C@@H](CC(N)=O)C(=O)N[C@H]2C(=O)C[C@@H]3C(=O)C[C@H](C(=O)N[C@H](C(=O)NCCCN(C)C)c4cc(O)cc(O)c4-c4cc3ccc4O)[C@H](O)c3ccc(c(Cl)c3)Oc3cc2cc(c3OC2OC(CO)C(O)[C@H](O)[C@H]2O[C@H]2CC(C)(N)[C@H](O)[C@H](C)O2)Oc2ccc(cc2Cl)[C@H]1O. The molecular formula is C74H90Cl2N8O23. The van der Waals surface area contributed by atoms with Gasteiger partial charge < -0.3 is 117 Å². The third-order valence-corrected chi connectivity index (χ3v) is 20.4. The smallest absolute Gasteiger partial charge is 0.247 e. The Labute approximate surface area is 625 Å². The zero-order valence-corrected chi connectivity index (χ0v) is 61.1. The fourth-order valence-corrected chi connectivity index (χ4v) is 14.5. The summed E-state index contributed by atoms with van der Waals surface area (Å²) >= 11 is 14.3. The number of aliphatic hydroxyl groups excluding tert-OH is 6. The zero-order chi connectivity index (χ0) is 77.9. The van der Waals surface area contributed by atoms with E-state index in [0.29, 0.717) is 13.0 Å². The molecule has 0 spiro atoms. The van der Waals surface area contributed by atoms with Crippen LogP contribution in [0.5, 0.6) is 46.0 Å². The number of fused-ring (bicyclic) bond motifs is 15. The number of Topliss-reactive ketones (excluding diaryl/α,β-unsaturated/α-hetero) is 3. The number of amides is 5. The van der Waals surface area contributed by atoms with E-state index in [1.165, 1.54) is 69.4 Å². The Morgan fingerprint density at radius 2 is 1.40 bits per heavy atom. The molecule has 11 bridgehead atoms. The lowest BCUT2D eigenvalue weighted by Crippen LogP contribution is -2.64. The number of primary amides is 1. The molecular weight excluding hydrogens is 1440 g/mol. The molecule has 107 heavy (non-hydrogen) atoms. The van der Waals surface area contributed by atoms with Crippen LogP contribution in [0.3, 0.4) is 0 Å². The second kappa shape index (κ2) is 33.9. The van der Waals surface area contributed by atoms with Crippen LogP contribution in [0.15, 0.2) is 78.9 Å². The number of nitrogens with one attached hydrogen (secondary N) is 5. The summed E-state index contributed by atoms with van der Waals surface area (Å²) < 4.78 is 38.7. The van der Waals surface area contributed by atoms with Gasteiger partial charge in [-0.3, -0.25) is 38.4 Å². The van der Waals surface area contributed by atoms with Crippen molar-refractivity contribution in [1.29, 1.82) is 0 Å². The van der Waals surface area contributed by atoms with Crippen LogP contribution in [0.1, 0.15) is 131 Å². The molecule has 0 aromatic heterocycles. The molecule has 7 aliphatic heterocycles. The first kappa shape index (κ1) is 80.9. The number of phenolic OH excluding ortho intramolecular Hbond substituents is 3. The van der Waals surface area contributed by atoms with E-state index in [9.17, 15) is 60.3 Å². The Balaban J connectivity index is 1.23. The van der Waals surface area contributed by atoms with Crippen LogP contribution >= 0.6 is 23.2 Å². The lowest BCUT2D eigenvalue weighted by molar-refractivity contribution is -0.333. The van der Waals surface area contributed by atoms with Crippen molar-refractivity contribution < 1.29 is 113 Å². The predicted molar refractivity (Wildman–Crippen MR) is 382 cm³/mol. The second-order valence-electron chi connectivity index (χ2n) is 28.7. The van der Waals surface area contributed by atoms with Crippen LogP contribution in [0.4, 0.5) is 0 Å². The van der Waals surface area contributed by atoms with Gasteiger partial charge in [-0.25, -0.2) is 0 Å². The molecule has 0 radical (unpaired) electrons. The van der Waals surface area contributed by atoms with E-state index in [0.717, 1.165) is 30.3 Å². The van der Waals surface area contributed by atoms with Crippen LogP contribution in [0, 0.1) is 17.8 Å². The van der Waals surface area contributed by atoms with Crippen LogP contribution in [-0.4, -0.2) is 205 Å². The van der Waals surface area contributed by atoms with Gasteiger partial charge in [0.05, 0.1) is 52.8 Å². The van der Waals surface area contributed by atoms with Crippen LogP contribution in [0.2, 0.25) is 10.0 Å². The predicted octanol–water partition coefficient (Wildman–Crippen LogP) is 3.16. The van der Waals surface area contributed by atoms with Crippen molar-refractivity contribution in [3.63, 3.8) is 0 Å². The van der Waals surface area contributed by atoms with Gasteiger partial charge in [-0.15, -0.1) is 0 Å². The molecule has 5 aromatic carbocycles. The Bertz CT molecular complexity index is 4200. The lowest BCUT2D eigenvalue weighted by atomic mass is 9.79. The van der Waals surface area contributed by atoms with Gasteiger partial charge in [0.1, 0.15) is 77.1 Å². The summed E-state index contributed by atoms with van der Waals surface area (Å²) in [6.45, 7) is 6.32. The number of phenols is 3. The highest BCUT2D eigenvalue weighted by Gasteiger charge is 2.52. The fourth-order valence-electron chi connectivity index (χ4n) is 14.0. The average Bonchev–Trinajstić information content (AvgIpc) is 0.771. The third-order valence-electron chi connectivity index (χ3n) is 19.8. The number of aliphatic hydroxyl groups is 6. The molecule has 5 amide bonds. The van der Waals surface area contributed by atoms with Gasteiger partial charge in [0, 0.05) is 67.3 Å². The van der Waals surface area contributed by atoms with Crippen molar-refractivity contribution in [3.05, 3.63) is 117 Å². The molecule has 33 heteroatoms. The first-order valence-electron chi connectivity index (χ1n) is 34.9. The van der Waals surface area contributed by atoms with E-state index >= 15 is 24.0 Å². The summed E-state index contributed by atoms with van der Waals surface area (Å²) in [5, 5.41) is 118. The fraction of sp³-hybridized carbons (Fsp3) is 0.486. The van der Waals surface area contributed by atoms with Crippen molar-refractivity contribution in [1.82, 2.24) is 31.5 Å². The number of hydrogen-bond acceptors (Lipinski definition) is 26. The van der Waals surface area contributed by atoms with Gasteiger partial charge in [-0.1, -0.05) is 55.2 Å². The Kier molecular flexibility index (Phi) is 25.6. The molecule has 2 saturated heterocycles. The van der Waals surface area contributed by atoms with Gasteiger partial charge in [-0.2, -0.15) is 0 Å². The number of halogens is 2. The van der Waals surface area contributed by atoms with Gasteiger partial charge in [0.2, 0.25) is 41.6 Å². The Morgan fingerprint density at radius 1 is 0.757 bits per heavy atom. The highest BCUT2D eigenvalue weighted by atomic mass is 35.5. The summed E-state index contributed by atoms with van der Waals surface area (Å²) in [7, 11) is 5.12. The highest BCUT2D eigenvalue weighted by Crippen LogP contribution is 2.51. The number of benzene rings is 5. The molecule has 18 atom stereocenters. The summed E-state index contributed by atoms with van der Waals surface area (Å²) in [5.41, 5.74) is 9.37. The molecule has 18 N–H and O–H groups in total. The minimum atomic E-state index is -2.15. The number of carbonyl (C=O) groups excluding carboxylic acids is 8. The van der Waals surface area contributed by atoms with E-state index in [4.69, 9.17) is 63.1 Å². The largest absolute Gasteiger partial charge is 0.508 e. The molecule has 7 aliphatic rings. The summed E-state index contributed by atoms with van der Waals surface area (Å²) in [5.74, 6) is -18.2. The maximum atomic E-state index is 16.3. The maximum Gasteiger partial charge on any atom is 0.247 e. The molecule has 7 heterocycles. The van der Waals surface area contributed by atoms with E-state index in [2.05, 4.69) is 26.6 Å². The van der Waals surface area contributed by atoms with Crippen molar-refractivity contribution in [2.45, 2.75) is 170 Å². The normalized spacial score (nSPS) is 28.7. The molecule has 0 aliphatic carbocycles. The first-order chi connectivity index (χ1) is 50.6. The number of ether oxygens (including phenoxy) is 6. The number of hydrogen-bond donors (Lipinski definition) is 16. The van der Waals surface area contributed by atoms with Crippen molar-refractivity contribution in [2.75, 3.05) is 40.8 Å². The number of nitrogens with zero attached hydrogens (tertiary/aromatic N) is 1. The van der Waals surface area contributed by atoms with Crippen molar-refractivity contribution >= 4 is 70.1 Å². The average molecular weight is 1530 g/mol. The lowest BCUT2D eigenvalue weighted by Gasteiger charge is -2.47. The minimum Gasteiger partial charge on any atom is -0.508 e. The molecule has 4 unspecified atom stereocenters. The van der Waals surface area contributed by atoms with Crippen LogP contribution < -0.4 is 52.3 Å². The number of likely N-dealkylation sites (N-methyl/N-ethyl adjacent to an activating group) is 1. The van der Waals surface area contributed by atoms with Gasteiger partial charge in [0.25, 0.3) is 0 Å². The van der Waals surface area contributed by atoms with Gasteiger partial charge >= 0.3 is 0 Å². The number of ketones is 3. The summed E-state index contributed by atoms with van der Waals surface area (Å²) in [4.78, 5) is 122. The molecule has 31 nitrogen and oxygen atoms in total. The van der Waals surface area contributed by atoms with E-state index in [1.807, 2.05) is 32.8 Å². The van der Waals surface area contributed by atoms with E-state index in [1.54, 1.807) is 0 Å². The monoisotopic (exact) mass is 1530 g/mol. The van der Waals surface area contributed by atoms with Gasteiger partial charge in [-0.05, 0) is 143 Å². The second-order valence-corrected chi connectivity index (χ2v) is 29.5. The van der Waals surface area contributed by atoms with E-state index in [-0.39, 0.29) is 85.8 Å². The molecule has 2 fully saturated rings. The number of nitrogens with two attached hydrogens (primary N) is 2. The van der Waals surface area contributed by atoms with Crippen LogP contribution in [-0.2, 0) is 52.6 Å². The summed E-state index contributed by atoms with van der Waals surface area (Å²) in [6.07, 6.45) is -20.4. The van der Waals surface area contributed by atoms with Crippen LogP contribution in [0.25, 0.3) is 11.1 Å². The Hall–Kier alpha value is -8.64.